The van der Waals surface area contributed by atoms with Gasteiger partial charge in [0.05, 0.1) is 0 Å². The molecule has 0 aromatic carbocycles. The molecule has 1 fully saturated rings. The predicted molar refractivity (Wildman–Crippen MR) is 40.1 cm³/mol. The maximum absolute atomic E-state index is 10.7. The average Bonchev–Trinajstić information content (AvgIpc) is 2.12. The first-order valence-electron chi connectivity index (χ1n) is 3.93. The van der Waals surface area contributed by atoms with Crippen LogP contribution in [-0.4, -0.2) is 5.91 Å². The van der Waals surface area contributed by atoms with Crippen LogP contribution >= 0.6 is 0 Å². The van der Waals surface area contributed by atoms with E-state index in [9.17, 15) is 4.79 Å². The second-order valence-corrected chi connectivity index (χ2v) is 2.88. The van der Waals surface area contributed by atoms with Crippen LogP contribution in [0.15, 0.2) is 0 Å². The summed E-state index contributed by atoms with van der Waals surface area (Å²) in [4.78, 5) is 10.7. The Morgan fingerprint density at radius 3 is 2.90 bits per heavy atom. The second-order valence-electron chi connectivity index (χ2n) is 2.88. The minimum Gasteiger partial charge on any atom is -0.369 e. The largest absolute Gasteiger partial charge is 0.369 e. The fourth-order valence-electron chi connectivity index (χ4n) is 1.38. The van der Waals surface area contributed by atoms with Crippen LogP contribution in [0.4, 0.5) is 0 Å². The van der Waals surface area contributed by atoms with Gasteiger partial charge in [-0.3, -0.25) is 4.79 Å². The summed E-state index contributed by atoms with van der Waals surface area (Å²) < 4.78 is 0. The van der Waals surface area contributed by atoms with Gasteiger partial charge in [0.2, 0.25) is 5.91 Å². The van der Waals surface area contributed by atoms with Gasteiger partial charge in [0.1, 0.15) is 0 Å². The van der Waals surface area contributed by atoms with Gasteiger partial charge in [-0.25, -0.2) is 0 Å². The quantitative estimate of drug-likeness (QED) is 0.547. The van der Waals surface area contributed by atoms with Gasteiger partial charge in [-0.1, -0.05) is 19.3 Å². The van der Waals surface area contributed by atoms with Crippen molar-refractivity contribution in [2.24, 2.45) is 11.7 Å². The van der Waals surface area contributed by atoms with Crippen molar-refractivity contribution >= 4 is 5.91 Å². The summed E-state index contributed by atoms with van der Waals surface area (Å²) in [6.45, 7) is 0. The van der Waals surface area contributed by atoms with E-state index < -0.39 is 0 Å². The molecule has 1 aliphatic carbocycles. The molecule has 0 bridgehead atoms. The molecule has 1 unspecified atom stereocenters. The molecule has 1 amide bonds. The molecule has 1 aliphatic rings. The summed E-state index contributed by atoms with van der Waals surface area (Å²) in [7, 11) is 0. The van der Waals surface area contributed by atoms with Crippen LogP contribution < -0.4 is 5.73 Å². The van der Waals surface area contributed by atoms with Crippen LogP contribution in [-0.2, 0) is 4.79 Å². The fourth-order valence-corrected chi connectivity index (χ4v) is 1.38. The number of primary amides is 1. The molecule has 2 N–H and O–H groups in total. The van der Waals surface area contributed by atoms with Crippen molar-refractivity contribution in [3.05, 3.63) is 6.42 Å². The second kappa shape index (κ2) is 3.59. The molecule has 10 heavy (non-hydrogen) atoms. The third kappa shape index (κ3) is 2.01. The lowest BCUT2D eigenvalue weighted by Gasteiger charge is -2.06. The molecule has 2 nitrogen and oxygen atoms in total. The predicted octanol–water partition coefficient (Wildman–Crippen LogP) is 1.26. The number of hydrogen-bond donors (Lipinski definition) is 1. The molecule has 0 spiro atoms. The first-order valence-corrected chi connectivity index (χ1v) is 3.93. The van der Waals surface area contributed by atoms with E-state index in [-0.39, 0.29) is 11.8 Å². The van der Waals surface area contributed by atoms with E-state index in [0.29, 0.717) is 0 Å². The van der Waals surface area contributed by atoms with Gasteiger partial charge in [0.15, 0.2) is 0 Å². The molecule has 0 heterocycles. The van der Waals surface area contributed by atoms with E-state index in [1.807, 2.05) is 0 Å². The van der Waals surface area contributed by atoms with E-state index >= 15 is 0 Å². The van der Waals surface area contributed by atoms with E-state index in [2.05, 4.69) is 6.42 Å². The fraction of sp³-hybridized carbons (Fsp3) is 0.750. The number of rotatable bonds is 1. The Morgan fingerprint density at radius 2 is 2.20 bits per heavy atom. The lowest BCUT2D eigenvalue weighted by Crippen LogP contribution is -2.22. The number of nitrogens with two attached hydrogens (primary N) is 1. The first kappa shape index (κ1) is 7.58. The highest BCUT2D eigenvalue weighted by atomic mass is 16.1. The number of hydrogen-bond acceptors (Lipinski definition) is 1. The highest BCUT2D eigenvalue weighted by molar-refractivity contribution is 5.77. The van der Waals surface area contributed by atoms with Crippen LogP contribution in [0, 0.1) is 12.3 Å². The van der Waals surface area contributed by atoms with Crippen molar-refractivity contribution in [3.8, 4) is 0 Å². The molecular formula is C8H14NO. The van der Waals surface area contributed by atoms with Crippen LogP contribution in [0.5, 0.6) is 0 Å². The summed E-state index contributed by atoms with van der Waals surface area (Å²) in [5.74, 6) is -0.0931. The highest BCUT2D eigenvalue weighted by Crippen LogP contribution is 2.21. The first-order chi connectivity index (χ1) is 4.80. The zero-order valence-corrected chi connectivity index (χ0v) is 6.18. The number of carbonyl (C=O) groups is 1. The van der Waals surface area contributed by atoms with Crippen LogP contribution in [0.25, 0.3) is 0 Å². The van der Waals surface area contributed by atoms with Crippen molar-refractivity contribution in [1.82, 2.24) is 0 Å². The molecule has 1 atom stereocenters. The molecule has 1 radical (unpaired) electrons. The third-order valence-electron chi connectivity index (χ3n) is 2.04. The van der Waals surface area contributed by atoms with Crippen LogP contribution in [0.3, 0.4) is 0 Å². The van der Waals surface area contributed by atoms with Crippen molar-refractivity contribution in [2.75, 3.05) is 0 Å². The monoisotopic (exact) mass is 140 g/mol. The smallest absolute Gasteiger partial charge is 0.220 e. The Labute approximate surface area is 61.8 Å². The van der Waals surface area contributed by atoms with E-state index in [4.69, 9.17) is 5.73 Å². The van der Waals surface area contributed by atoms with Crippen molar-refractivity contribution in [2.45, 2.75) is 32.1 Å². The minimum absolute atomic E-state index is 0.0579. The summed E-state index contributed by atoms with van der Waals surface area (Å²) in [6.07, 6.45) is 7.73. The van der Waals surface area contributed by atoms with E-state index in [1.165, 1.54) is 12.8 Å². The number of amides is 1. The zero-order chi connectivity index (χ0) is 7.40. The van der Waals surface area contributed by atoms with E-state index in [0.717, 1.165) is 19.3 Å². The van der Waals surface area contributed by atoms with Gasteiger partial charge >= 0.3 is 0 Å². The summed E-state index contributed by atoms with van der Waals surface area (Å²) >= 11 is 0. The molecule has 57 valence electrons. The molecule has 0 aliphatic heterocycles. The molecular weight excluding hydrogens is 126 g/mol. The van der Waals surface area contributed by atoms with Crippen LogP contribution in [0.2, 0.25) is 0 Å². The van der Waals surface area contributed by atoms with Gasteiger partial charge in [-0.05, 0) is 19.3 Å². The lowest BCUT2D eigenvalue weighted by molar-refractivity contribution is -0.121. The third-order valence-corrected chi connectivity index (χ3v) is 2.04. The maximum Gasteiger partial charge on any atom is 0.220 e. The molecule has 0 saturated heterocycles. The minimum atomic E-state index is -0.151. The van der Waals surface area contributed by atoms with Gasteiger partial charge in [0, 0.05) is 5.92 Å². The Hall–Kier alpha value is -0.530. The summed E-state index contributed by atoms with van der Waals surface area (Å²) in [6, 6.07) is 0. The molecule has 1 saturated carbocycles. The zero-order valence-electron chi connectivity index (χ0n) is 6.18. The normalized spacial score (nSPS) is 22.0. The van der Waals surface area contributed by atoms with Crippen molar-refractivity contribution < 1.29 is 4.79 Å². The SMILES string of the molecule is NC(=O)C1[CH]CCCCC1. The topological polar surface area (TPSA) is 43.1 Å². The van der Waals surface area contributed by atoms with Gasteiger partial charge in [0.25, 0.3) is 0 Å². The Kier molecular flexibility index (Phi) is 2.72. The standard InChI is InChI=1S/C8H14NO/c9-8(10)7-5-3-1-2-4-6-7/h5,7H,1-4,6H2,(H2,9,10). The van der Waals surface area contributed by atoms with Gasteiger partial charge < -0.3 is 5.73 Å². The summed E-state index contributed by atoms with van der Waals surface area (Å²) in [5.41, 5.74) is 5.17. The molecule has 1 rings (SSSR count). The Bertz CT molecular complexity index is 114. The van der Waals surface area contributed by atoms with E-state index in [1.54, 1.807) is 0 Å². The van der Waals surface area contributed by atoms with Crippen molar-refractivity contribution in [1.29, 1.82) is 0 Å². The number of carbonyl (C=O) groups excluding carboxylic acids is 1. The molecule has 0 aromatic rings. The summed E-state index contributed by atoms with van der Waals surface area (Å²) in [5, 5.41) is 0. The Morgan fingerprint density at radius 1 is 1.40 bits per heavy atom. The van der Waals surface area contributed by atoms with Gasteiger partial charge in [-0.15, -0.1) is 0 Å². The maximum atomic E-state index is 10.7. The highest BCUT2D eigenvalue weighted by Gasteiger charge is 2.16. The lowest BCUT2D eigenvalue weighted by atomic mass is 10.0. The van der Waals surface area contributed by atoms with Gasteiger partial charge in [-0.2, -0.15) is 0 Å². The average molecular weight is 140 g/mol. The molecule has 2 heteroatoms. The van der Waals surface area contributed by atoms with Crippen LogP contribution in [0.1, 0.15) is 32.1 Å². The molecule has 0 aromatic heterocycles. The van der Waals surface area contributed by atoms with Crippen molar-refractivity contribution in [3.63, 3.8) is 0 Å². The Balaban J connectivity index is 2.35.